The van der Waals surface area contributed by atoms with E-state index in [1.807, 2.05) is 37.3 Å². The minimum Gasteiger partial charge on any atom is -0.492 e. The summed E-state index contributed by atoms with van der Waals surface area (Å²) in [5.74, 6) is 0.818. The SMILES string of the molecule is CCOc1ccc(C(CN)c2ccc(Cl)s2)cc1Cl. The van der Waals surface area contributed by atoms with Crippen molar-refractivity contribution in [3.63, 3.8) is 0 Å². The van der Waals surface area contributed by atoms with Gasteiger partial charge in [-0.25, -0.2) is 0 Å². The summed E-state index contributed by atoms with van der Waals surface area (Å²) in [5.41, 5.74) is 6.96. The van der Waals surface area contributed by atoms with E-state index in [9.17, 15) is 0 Å². The Balaban J connectivity index is 2.31. The monoisotopic (exact) mass is 315 g/mol. The molecule has 0 saturated heterocycles. The Morgan fingerprint density at radius 1 is 1.26 bits per heavy atom. The molecule has 2 nitrogen and oxygen atoms in total. The molecule has 2 N–H and O–H groups in total. The van der Waals surface area contributed by atoms with Gasteiger partial charge in [-0.3, -0.25) is 0 Å². The summed E-state index contributed by atoms with van der Waals surface area (Å²) < 4.78 is 6.20. The van der Waals surface area contributed by atoms with Crippen LogP contribution in [-0.2, 0) is 0 Å². The molecule has 0 radical (unpaired) electrons. The van der Waals surface area contributed by atoms with Crippen molar-refractivity contribution in [2.45, 2.75) is 12.8 Å². The molecule has 0 aliphatic heterocycles. The number of nitrogens with two attached hydrogens (primary N) is 1. The van der Waals surface area contributed by atoms with Crippen molar-refractivity contribution in [1.29, 1.82) is 0 Å². The summed E-state index contributed by atoms with van der Waals surface area (Å²) >= 11 is 13.7. The number of rotatable bonds is 5. The standard InChI is InChI=1S/C14H15Cl2NOS/c1-2-18-12-4-3-9(7-11(12)15)10(8-17)13-5-6-14(16)19-13/h3-7,10H,2,8,17H2,1H3. The minimum absolute atomic E-state index is 0.116. The molecule has 2 rings (SSSR count). The van der Waals surface area contributed by atoms with Gasteiger partial charge in [0.15, 0.2) is 0 Å². The normalized spacial score (nSPS) is 12.4. The number of halogens is 2. The molecular formula is C14H15Cl2NOS. The first-order valence-electron chi connectivity index (χ1n) is 6.03. The lowest BCUT2D eigenvalue weighted by molar-refractivity contribution is 0.340. The fraction of sp³-hybridized carbons (Fsp3) is 0.286. The lowest BCUT2D eigenvalue weighted by Crippen LogP contribution is -2.12. The molecule has 2 aromatic rings. The van der Waals surface area contributed by atoms with Crippen molar-refractivity contribution >= 4 is 34.5 Å². The maximum Gasteiger partial charge on any atom is 0.137 e. The molecule has 0 aliphatic rings. The van der Waals surface area contributed by atoms with Crippen molar-refractivity contribution < 1.29 is 4.74 Å². The third kappa shape index (κ3) is 3.42. The Morgan fingerprint density at radius 2 is 2.05 bits per heavy atom. The molecule has 5 heteroatoms. The summed E-state index contributed by atoms with van der Waals surface area (Å²) in [7, 11) is 0. The topological polar surface area (TPSA) is 35.2 Å². The predicted molar refractivity (Wildman–Crippen MR) is 82.8 cm³/mol. The fourth-order valence-electron chi connectivity index (χ4n) is 1.94. The molecule has 0 saturated carbocycles. The Morgan fingerprint density at radius 3 is 2.58 bits per heavy atom. The molecule has 1 unspecified atom stereocenters. The maximum absolute atomic E-state index is 6.21. The first kappa shape index (κ1) is 14.7. The molecule has 0 amide bonds. The second-order valence-electron chi connectivity index (χ2n) is 4.05. The van der Waals surface area contributed by atoms with E-state index in [1.165, 1.54) is 0 Å². The third-order valence-electron chi connectivity index (χ3n) is 2.83. The van der Waals surface area contributed by atoms with Crippen molar-refractivity contribution in [3.05, 3.63) is 50.1 Å². The van der Waals surface area contributed by atoms with Crippen LogP contribution in [0.25, 0.3) is 0 Å². The number of ether oxygens (including phenoxy) is 1. The van der Waals surface area contributed by atoms with E-state index in [0.29, 0.717) is 23.9 Å². The summed E-state index contributed by atoms with van der Waals surface area (Å²) in [4.78, 5) is 1.15. The van der Waals surface area contributed by atoms with Gasteiger partial charge in [0.25, 0.3) is 0 Å². The van der Waals surface area contributed by atoms with E-state index in [-0.39, 0.29) is 5.92 Å². The zero-order valence-electron chi connectivity index (χ0n) is 10.5. The van der Waals surface area contributed by atoms with Crippen LogP contribution in [0.5, 0.6) is 5.75 Å². The Labute approximate surface area is 127 Å². The number of hydrogen-bond donors (Lipinski definition) is 1. The first-order valence-corrected chi connectivity index (χ1v) is 7.60. The number of thiophene rings is 1. The molecule has 0 aliphatic carbocycles. The van der Waals surface area contributed by atoms with Gasteiger partial charge in [-0.2, -0.15) is 0 Å². The highest BCUT2D eigenvalue weighted by atomic mass is 35.5. The third-order valence-corrected chi connectivity index (χ3v) is 4.47. The molecule has 1 heterocycles. The maximum atomic E-state index is 6.21. The molecule has 0 spiro atoms. The van der Waals surface area contributed by atoms with E-state index in [2.05, 4.69) is 0 Å². The van der Waals surface area contributed by atoms with Crippen LogP contribution in [0.15, 0.2) is 30.3 Å². The van der Waals surface area contributed by atoms with Crippen LogP contribution >= 0.6 is 34.5 Å². The highest BCUT2D eigenvalue weighted by molar-refractivity contribution is 7.16. The van der Waals surface area contributed by atoms with Crippen LogP contribution in [-0.4, -0.2) is 13.2 Å². The lowest BCUT2D eigenvalue weighted by Gasteiger charge is -2.15. The van der Waals surface area contributed by atoms with Gasteiger partial charge in [-0.05, 0) is 36.8 Å². The smallest absolute Gasteiger partial charge is 0.137 e. The molecule has 19 heavy (non-hydrogen) atoms. The van der Waals surface area contributed by atoms with Gasteiger partial charge < -0.3 is 10.5 Å². The fourth-order valence-corrected chi connectivity index (χ4v) is 3.38. The van der Waals surface area contributed by atoms with E-state index in [1.54, 1.807) is 11.3 Å². The second kappa shape index (κ2) is 6.62. The van der Waals surface area contributed by atoms with Gasteiger partial charge in [0.2, 0.25) is 0 Å². The van der Waals surface area contributed by atoms with E-state index < -0.39 is 0 Å². The number of hydrogen-bond acceptors (Lipinski definition) is 3. The Kier molecular flexibility index (Phi) is 5.11. The van der Waals surface area contributed by atoms with Gasteiger partial charge in [-0.15, -0.1) is 11.3 Å². The molecule has 102 valence electrons. The number of benzene rings is 1. The average molecular weight is 316 g/mol. The molecule has 1 atom stereocenters. The van der Waals surface area contributed by atoms with Crippen LogP contribution in [0.2, 0.25) is 9.36 Å². The van der Waals surface area contributed by atoms with Crippen LogP contribution in [0.3, 0.4) is 0 Å². The molecule has 1 aromatic carbocycles. The average Bonchev–Trinajstić information content (AvgIpc) is 2.80. The van der Waals surface area contributed by atoms with Crippen molar-refractivity contribution in [1.82, 2.24) is 0 Å². The van der Waals surface area contributed by atoms with E-state index in [0.717, 1.165) is 14.8 Å². The predicted octanol–water partition coefficient (Wildman–Crippen LogP) is 4.54. The largest absolute Gasteiger partial charge is 0.492 e. The quantitative estimate of drug-likeness (QED) is 0.878. The van der Waals surface area contributed by atoms with E-state index in [4.69, 9.17) is 33.7 Å². The van der Waals surface area contributed by atoms with Crippen LogP contribution in [0.1, 0.15) is 23.3 Å². The molecule has 0 fully saturated rings. The van der Waals surface area contributed by atoms with E-state index >= 15 is 0 Å². The molecule has 1 aromatic heterocycles. The Bertz CT molecular complexity index is 556. The summed E-state index contributed by atoms with van der Waals surface area (Å²) in [5, 5.41) is 0.612. The second-order valence-corrected chi connectivity index (χ2v) is 6.21. The van der Waals surface area contributed by atoms with Gasteiger partial charge in [-0.1, -0.05) is 29.3 Å². The summed E-state index contributed by atoms with van der Waals surface area (Å²) in [6.07, 6.45) is 0. The molecule has 0 bridgehead atoms. The van der Waals surface area contributed by atoms with Crippen molar-refractivity contribution in [3.8, 4) is 5.75 Å². The van der Waals surface area contributed by atoms with Gasteiger partial charge >= 0.3 is 0 Å². The highest BCUT2D eigenvalue weighted by Gasteiger charge is 2.16. The van der Waals surface area contributed by atoms with Crippen molar-refractivity contribution in [2.24, 2.45) is 5.73 Å². The molecular weight excluding hydrogens is 301 g/mol. The zero-order valence-corrected chi connectivity index (χ0v) is 12.9. The van der Waals surface area contributed by atoms with Crippen LogP contribution < -0.4 is 10.5 Å². The highest BCUT2D eigenvalue weighted by Crippen LogP contribution is 2.35. The van der Waals surface area contributed by atoms with Gasteiger partial charge in [0.1, 0.15) is 5.75 Å². The lowest BCUT2D eigenvalue weighted by atomic mass is 9.97. The van der Waals surface area contributed by atoms with Crippen LogP contribution in [0.4, 0.5) is 0 Å². The minimum atomic E-state index is 0.116. The van der Waals surface area contributed by atoms with Crippen LogP contribution in [0, 0.1) is 0 Å². The first-order chi connectivity index (χ1) is 9.15. The Hall–Kier alpha value is -0.740. The zero-order chi connectivity index (χ0) is 13.8. The van der Waals surface area contributed by atoms with Gasteiger partial charge in [0.05, 0.1) is 16.0 Å². The summed E-state index contributed by atoms with van der Waals surface area (Å²) in [6, 6.07) is 9.70. The van der Waals surface area contributed by atoms with Gasteiger partial charge in [0, 0.05) is 17.3 Å². The van der Waals surface area contributed by atoms with Crippen molar-refractivity contribution in [2.75, 3.05) is 13.2 Å². The summed E-state index contributed by atoms with van der Waals surface area (Å²) in [6.45, 7) is 3.04.